The lowest BCUT2D eigenvalue weighted by molar-refractivity contribution is -0.150. The molecule has 1 aromatic rings. The molecule has 0 aromatic heterocycles. The third kappa shape index (κ3) is 2.40. The maximum absolute atomic E-state index is 13.0. The van der Waals surface area contributed by atoms with Crippen LogP contribution < -0.4 is 0 Å². The number of carbonyl (C=O) groups is 2. The van der Waals surface area contributed by atoms with E-state index in [9.17, 15) is 14.0 Å². The fraction of sp³-hybridized carbons (Fsp3) is 0.467. The predicted octanol–water partition coefficient (Wildman–Crippen LogP) is 2.18. The summed E-state index contributed by atoms with van der Waals surface area (Å²) < 4.78 is 13.0. The fourth-order valence-electron chi connectivity index (χ4n) is 2.61. The summed E-state index contributed by atoms with van der Waals surface area (Å²) in [5.74, 6) is -1.54. The summed E-state index contributed by atoms with van der Waals surface area (Å²) in [4.78, 5) is 25.1. The minimum atomic E-state index is -1.00. The number of hydrogen-bond acceptors (Lipinski definition) is 2. The number of halogens is 1. The largest absolute Gasteiger partial charge is 0.480 e. The van der Waals surface area contributed by atoms with E-state index < -0.39 is 17.4 Å². The SMILES string of the molecule is CCC(C(=O)O)N(C)C(=O)C1(c2ccc(F)cc2)CC1. The zero-order chi connectivity index (χ0) is 14.9. The number of carbonyl (C=O) groups excluding carboxylic acids is 1. The van der Waals surface area contributed by atoms with Crippen molar-refractivity contribution < 1.29 is 19.1 Å². The van der Waals surface area contributed by atoms with Gasteiger partial charge in [0.05, 0.1) is 5.41 Å². The predicted molar refractivity (Wildman–Crippen MR) is 71.8 cm³/mol. The molecule has 1 aliphatic rings. The van der Waals surface area contributed by atoms with Crippen molar-refractivity contribution in [1.29, 1.82) is 0 Å². The minimum Gasteiger partial charge on any atom is -0.480 e. The second-order valence-corrected chi connectivity index (χ2v) is 5.27. The molecule has 108 valence electrons. The minimum absolute atomic E-state index is 0.196. The number of rotatable bonds is 5. The van der Waals surface area contributed by atoms with Crippen molar-refractivity contribution in [2.75, 3.05) is 7.05 Å². The van der Waals surface area contributed by atoms with Gasteiger partial charge < -0.3 is 10.0 Å². The van der Waals surface area contributed by atoms with Crippen LogP contribution in [-0.2, 0) is 15.0 Å². The molecule has 1 aliphatic carbocycles. The van der Waals surface area contributed by atoms with Crippen molar-refractivity contribution in [3.8, 4) is 0 Å². The maximum atomic E-state index is 13.0. The van der Waals surface area contributed by atoms with Crippen LogP contribution >= 0.6 is 0 Å². The zero-order valence-corrected chi connectivity index (χ0v) is 11.6. The Labute approximate surface area is 117 Å². The number of amides is 1. The molecule has 1 saturated carbocycles. The first-order valence-electron chi connectivity index (χ1n) is 6.68. The molecule has 5 heteroatoms. The van der Waals surface area contributed by atoms with Crippen LogP contribution in [0.2, 0.25) is 0 Å². The van der Waals surface area contributed by atoms with Crippen molar-refractivity contribution in [3.05, 3.63) is 35.6 Å². The van der Waals surface area contributed by atoms with Crippen molar-refractivity contribution in [2.45, 2.75) is 37.6 Å². The first kappa shape index (κ1) is 14.5. The third-order valence-electron chi connectivity index (χ3n) is 4.02. The molecule has 2 rings (SSSR count). The van der Waals surface area contributed by atoms with Crippen molar-refractivity contribution in [2.24, 2.45) is 0 Å². The van der Waals surface area contributed by atoms with Gasteiger partial charge in [-0.05, 0) is 37.0 Å². The summed E-state index contributed by atoms with van der Waals surface area (Å²) in [6.45, 7) is 1.74. The molecule has 1 aromatic carbocycles. The Kier molecular flexibility index (Phi) is 3.79. The Bertz CT molecular complexity index is 522. The molecule has 4 nitrogen and oxygen atoms in total. The molecule has 1 fully saturated rings. The topological polar surface area (TPSA) is 57.6 Å². The molecule has 20 heavy (non-hydrogen) atoms. The van der Waals surface area contributed by atoms with E-state index in [-0.39, 0.29) is 11.7 Å². The summed E-state index contributed by atoms with van der Waals surface area (Å²) >= 11 is 0. The van der Waals surface area contributed by atoms with E-state index >= 15 is 0 Å². The van der Waals surface area contributed by atoms with Gasteiger partial charge in [-0.25, -0.2) is 9.18 Å². The molecular weight excluding hydrogens is 261 g/mol. The first-order valence-corrected chi connectivity index (χ1v) is 6.68. The highest BCUT2D eigenvalue weighted by Crippen LogP contribution is 2.49. The van der Waals surface area contributed by atoms with Gasteiger partial charge in [0.25, 0.3) is 0 Å². The molecule has 1 amide bonds. The van der Waals surface area contributed by atoms with Gasteiger partial charge >= 0.3 is 5.97 Å². The maximum Gasteiger partial charge on any atom is 0.326 e. The Balaban J connectivity index is 2.24. The lowest BCUT2D eigenvalue weighted by Gasteiger charge is -2.28. The Morgan fingerprint density at radius 1 is 1.35 bits per heavy atom. The van der Waals surface area contributed by atoms with E-state index in [0.29, 0.717) is 19.3 Å². The summed E-state index contributed by atoms with van der Waals surface area (Å²) in [6, 6.07) is 5.06. The summed E-state index contributed by atoms with van der Waals surface area (Å²) in [5.41, 5.74) is 0.0988. The van der Waals surface area contributed by atoms with E-state index in [1.165, 1.54) is 24.1 Å². The molecule has 0 spiro atoms. The zero-order valence-electron chi connectivity index (χ0n) is 11.6. The van der Waals surface area contributed by atoms with E-state index in [1.54, 1.807) is 19.1 Å². The highest BCUT2D eigenvalue weighted by atomic mass is 19.1. The number of benzene rings is 1. The van der Waals surface area contributed by atoms with Crippen LogP contribution in [0.4, 0.5) is 4.39 Å². The van der Waals surface area contributed by atoms with Gasteiger partial charge in [0.2, 0.25) is 5.91 Å². The second-order valence-electron chi connectivity index (χ2n) is 5.27. The fourth-order valence-corrected chi connectivity index (χ4v) is 2.61. The number of carboxylic acid groups (broad SMARTS) is 1. The quantitative estimate of drug-likeness (QED) is 0.898. The molecule has 0 aliphatic heterocycles. The van der Waals surface area contributed by atoms with Gasteiger partial charge in [0, 0.05) is 7.05 Å². The van der Waals surface area contributed by atoms with Gasteiger partial charge in [-0.3, -0.25) is 4.79 Å². The van der Waals surface area contributed by atoms with Crippen molar-refractivity contribution >= 4 is 11.9 Å². The van der Waals surface area contributed by atoms with Gasteiger partial charge in [-0.15, -0.1) is 0 Å². The normalized spacial score (nSPS) is 17.4. The Morgan fingerprint density at radius 2 is 1.90 bits per heavy atom. The molecule has 0 heterocycles. The van der Waals surface area contributed by atoms with E-state index in [4.69, 9.17) is 5.11 Å². The summed E-state index contributed by atoms with van der Waals surface area (Å²) in [6.07, 6.45) is 1.72. The first-order chi connectivity index (χ1) is 9.42. The Morgan fingerprint density at radius 3 is 2.30 bits per heavy atom. The molecule has 1 N–H and O–H groups in total. The van der Waals surface area contributed by atoms with Crippen LogP contribution in [0, 0.1) is 5.82 Å². The van der Waals surface area contributed by atoms with Gasteiger partial charge in [-0.2, -0.15) is 0 Å². The number of nitrogens with zero attached hydrogens (tertiary/aromatic N) is 1. The average Bonchev–Trinajstić information content (AvgIpc) is 3.20. The van der Waals surface area contributed by atoms with Crippen LogP contribution in [0.5, 0.6) is 0 Å². The number of carboxylic acids is 1. The number of hydrogen-bond donors (Lipinski definition) is 1. The van der Waals surface area contributed by atoms with E-state index in [2.05, 4.69) is 0 Å². The van der Waals surface area contributed by atoms with Crippen molar-refractivity contribution in [1.82, 2.24) is 4.90 Å². The standard InChI is InChI=1S/C15H18FNO3/c1-3-12(13(18)19)17(2)14(20)15(8-9-15)10-4-6-11(16)7-5-10/h4-7,12H,3,8-9H2,1-2H3,(H,18,19). The van der Waals surface area contributed by atoms with Gasteiger partial charge in [0.15, 0.2) is 0 Å². The number of aliphatic carboxylic acids is 1. The smallest absolute Gasteiger partial charge is 0.326 e. The monoisotopic (exact) mass is 279 g/mol. The van der Waals surface area contributed by atoms with E-state index in [1.807, 2.05) is 0 Å². The average molecular weight is 279 g/mol. The molecule has 1 atom stereocenters. The van der Waals surface area contributed by atoms with Crippen LogP contribution in [0.15, 0.2) is 24.3 Å². The molecule has 0 radical (unpaired) electrons. The molecule has 0 bridgehead atoms. The van der Waals surface area contributed by atoms with Crippen LogP contribution in [0.1, 0.15) is 31.7 Å². The van der Waals surface area contributed by atoms with E-state index in [0.717, 1.165) is 5.56 Å². The van der Waals surface area contributed by atoms with Crippen LogP contribution in [0.25, 0.3) is 0 Å². The lowest BCUT2D eigenvalue weighted by atomic mass is 9.93. The highest BCUT2D eigenvalue weighted by molar-refractivity contribution is 5.93. The van der Waals surface area contributed by atoms with Crippen LogP contribution in [-0.4, -0.2) is 35.0 Å². The number of likely N-dealkylation sites (N-methyl/N-ethyl adjacent to an activating group) is 1. The summed E-state index contributed by atoms with van der Waals surface area (Å²) in [5, 5.41) is 9.14. The lowest BCUT2D eigenvalue weighted by Crippen LogP contribution is -2.46. The molecule has 1 unspecified atom stereocenters. The third-order valence-corrected chi connectivity index (χ3v) is 4.02. The second kappa shape index (κ2) is 5.23. The van der Waals surface area contributed by atoms with Crippen LogP contribution in [0.3, 0.4) is 0 Å². The Hall–Kier alpha value is -1.91. The summed E-state index contributed by atoms with van der Waals surface area (Å²) in [7, 11) is 1.52. The van der Waals surface area contributed by atoms with Crippen molar-refractivity contribution in [3.63, 3.8) is 0 Å². The highest BCUT2D eigenvalue weighted by Gasteiger charge is 2.53. The van der Waals surface area contributed by atoms with Gasteiger partial charge in [-0.1, -0.05) is 19.1 Å². The molecular formula is C15H18FNO3. The molecule has 0 saturated heterocycles. The van der Waals surface area contributed by atoms with Gasteiger partial charge in [0.1, 0.15) is 11.9 Å².